The van der Waals surface area contributed by atoms with E-state index < -0.39 is 0 Å². The molecule has 1 aliphatic heterocycles. The summed E-state index contributed by atoms with van der Waals surface area (Å²) >= 11 is 1.56. The number of hydrogen-bond acceptors (Lipinski definition) is 3. The fourth-order valence-corrected chi connectivity index (χ4v) is 4.96. The highest BCUT2D eigenvalue weighted by Gasteiger charge is 2.32. The summed E-state index contributed by atoms with van der Waals surface area (Å²) in [6.07, 6.45) is 6.63. The van der Waals surface area contributed by atoms with Crippen LogP contribution in [-0.4, -0.2) is 34.6 Å². The summed E-state index contributed by atoms with van der Waals surface area (Å²) in [6, 6.07) is 12.2. The molecule has 0 unspecified atom stereocenters. The number of benzene rings is 1. The molecule has 1 amide bonds. The van der Waals surface area contributed by atoms with Gasteiger partial charge in [-0.2, -0.15) is 0 Å². The van der Waals surface area contributed by atoms with Crippen molar-refractivity contribution >= 4 is 28.6 Å². The van der Waals surface area contributed by atoms with Crippen LogP contribution in [0.4, 0.5) is 0 Å². The normalized spacial score (nSPS) is 23.9. The average Bonchev–Trinajstić information content (AvgIpc) is 2.65. The van der Waals surface area contributed by atoms with E-state index in [1.165, 1.54) is 32.1 Å². The maximum Gasteiger partial charge on any atom is 0.232 e. The van der Waals surface area contributed by atoms with Crippen LogP contribution in [0, 0.1) is 11.8 Å². The van der Waals surface area contributed by atoms with Crippen molar-refractivity contribution in [1.29, 1.82) is 0 Å². The van der Waals surface area contributed by atoms with Gasteiger partial charge in [0.25, 0.3) is 0 Å². The topological polar surface area (TPSA) is 33.2 Å². The van der Waals surface area contributed by atoms with Crippen molar-refractivity contribution in [2.75, 3.05) is 18.8 Å². The zero-order chi connectivity index (χ0) is 16.4. The molecule has 1 aromatic carbocycles. The summed E-state index contributed by atoms with van der Waals surface area (Å²) in [7, 11) is 0. The van der Waals surface area contributed by atoms with Gasteiger partial charge in [0.2, 0.25) is 5.91 Å². The van der Waals surface area contributed by atoms with Gasteiger partial charge in [0, 0.05) is 18.5 Å². The zero-order valence-electron chi connectivity index (χ0n) is 14.0. The number of carbonyl (C=O) groups is 1. The predicted octanol–water partition coefficient (Wildman–Crippen LogP) is 4.37. The van der Waals surface area contributed by atoms with Crippen LogP contribution in [-0.2, 0) is 4.79 Å². The molecule has 0 N–H and O–H groups in total. The van der Waals surface area contributed by atoms with Gasteiger partial charge in [0.1, 0.15) is 0 Å². The van der Waals surface area contributed by atoms with Crippen molar-refractivity contribution in [3.05, 3.63) is 36.4 Å². The molecular formula is C20H24N2OS. The van der Waals surface area contributed by atoms with Crippen molar-refractivity contribution in [2.24, 2.45) is 11.8 Å². The molecule has 24 heavy (non-hydrogen) atoms. The van der Waals surface area contributed by atoms with E-state index in [4.69, 9.17) is 0 Å². The lowest BCUT2D eigenvalue weighted by molar-refractivity contribution is -0.131. The van der Waals surface area contributed by atoms with Gasteiger partial charge in [0.15, 0.2) is 0 Å². The quantitative estimate of drug-likeness (QED) is 0.778. The van der Waals surface area contributed by atoms with E-state index in [0.29, 0.717) is 5.75 Å². The van der Waals surface area contributed by atoms with Crippen molar-refractivity contribution in [1.82, 2.24) is 9.88 Å². The van der Waals surface area contributed by atoms with E-state index in [2.05, 4.69) is 22.0 Å². The summed E-state index contributed by atoms with van der Waals surface area (Å²) in [4.78, 5) is 19.3. The standard InChI is InChI=1S/C20H24N2OS/c23-20(22-12-11-15-5-1-2-7-17(15)13-22)14-24-19-10-9-16-6-3-4-8-18(16)21-19/h3-4,6,8-10,15,17H,1-2,5,7,11-14H2/t15-,17+/m1/s1. The maximum absolute atomic E-state index is 12.6. The molecule has 1 saturated heterocycles. The van der Waals surface area contributed by atoms with Crippen LogP contribution in [0.3, 0.4) is 0 Å². The van der Waals surface area contributed by atoms with E-state index in [-0.39, 0.29) is 5.91 Å². The van der Waals surface area contributed by atoms with Crippen LogP contribution in [0.25, 0.3) is 10.9 Å². The molecule has 0 spiro atoms. The third kappa shape index (κ3) is 3.44. The van der Waals surface area contributed by atoms with Crippen LogP contribution in [0.15, 0.2) is 41.4 Å². The van der Waals surface area contributed by atoms with Crippen LogP contribution in [0.2, 0.25) is 0 Å². The monoisotopic (exact) mass is 340 g/mol. The first-order valence-electron chi connectivity index (χ1n) is 9.06. The number of pyridine rings is 1. The fraction of sp³-hybridized carbons (Fsp3) is 0.500. The van der Waals surface area contributed by atoms with E-state index in [1.807, 2.05) is 24.3 Å². The van der Waals surface area contributed by atoms with Crippen LogP contribution in [0.5, 0.6) is 0 Å². The van der Waals surface area contributed by atoms with E-state index >= 15 is 0 Å². The average molecular weight is 340 g/mol. The molecule has 2 aliphatic rings. The smallest absolute Gasteiger partial charge is 0.232 e. The van der Waals surface area contributed by atoms with Crippen LogP contribution >= 0.6 is 11.8 Å². The number of nitrogens with zero attached hydrogens (tertiary/aromatic N) is 2. The fourth-order valence-electron chi connectivity index (χ4n) is 4.18. The van der Waals surface area contributed by atoms with Gasteiger partial charge in [-0.15, -0.1) is 0 Å². The molecule has 2 aromatic rings. The SMILES string of the molecule is O=C(CSc1ccc2ccccc2n1)N1CC[C@H]2CCCC[C@H]2C1. The third-order valence-electron chi connectivity index (χ3n) is 5.56. The maximum atomic E-state index is 12.6. The number of likely N-dealkylation sites (tertiary alicyclic amines) is 1. The Balaban J connectivity index is 1.35. The summed E-state index contributed by atoms with van der Waals surface area (Å²) in [5.74, 6) is 2.40. The van der Waals surface area contributed by atoms with Crippen molar-refractivity contribution in [3.8, 4) is 0 Å². The number of amides is 1. The molecule has 1 aromatic heterocycles. The van der Waals surface area contributed by atoms with Crippen molar-refractivity contribution in [3.63, 3.8) is 0 Å². The van der Waals surface area contributed by atoms with Gasteiger partial charge in [-0.1, -0.05) is 55.3 Å². The Morgan fingerprint density at radius 1 is 1.08 bits per heavy atom. The number of carbonyl (C=O) groups excluding carboxylic acids is 1. The van der Waals surface area contributed by atoms with Gasteiger partial charge >= 0.3 is 0 Å². The highest BCUT2D eigenvalue weighted by molar-refractivity contribution is 7.99. The molecular weight excluding hydrogens is 316 g/mol. The molecule has 1 aliphatic carbocycles. The van der Waals surface area contributed by atoms with E-state index in [1.54, 1.807) is 11.8 Å². The minimum absolute atomic E-state index is 0.277. The number of piperidine rings is 1. The predicted molar refractivity (Wildman–Crippen MR) is 99.1 cm³/mol. The Morgan fingerprint density at radius 3 is 2.83 bits per heavy atom. The minimum Gasteiger partial charge on any atom is -0.342 e. The van der Waals surface area contributed by atoms with Gasteiger partial charge in [0.05, 0.1) is 16.3 Å². The second kappa shape index (κ2) is 7.14. The van der Waals surface area contributed by atoms with Gasteiger partial charge < -0.3 is 4.90 Å². The molecule has 4 rings (SSSR count). The Hall–Kier alpha value is -1.55. The van der Waals surface area contributed by atoms with Gasteiger partial charge in [-0.25, -0.2) is 4.98 Å². The molecule has 126 valence electrons. The highest BCUT2D eigenvalue weighted by Crippen LogP contribution is 2.36. The number of fused-ring (bicyclic) bond motifs is 2. The number of rotatable bonds is 3. The van der Waals surface area contributed by atoms with E-state index in [0.717, 1.165) is 40.9 Å². The second-order valence-electron chi connectivity index (χ2n) is 7.06. The molecule has 2 atom stereocenters. The molecule has 4 heteroatoms. The molecule has 3 nitrogen and oxygen atoms in total. The van der Waals surface area contributed by atoms with Crippen molar-refractivity contribution < 1.29 is 4.79 Å². The summed E-state index contributed by atoms with van der Waals surface area (Å²) in [5.41, 5.74) is 0.998. The summed E-state index contributed by atoms with van der Waals surface area (Å²) < 4.78 is 0. The molecule has 0 radical (unpaired) electrons. The van der Waals surface area contributed by atoms with Crippen molar-refractivity contribution in [2.45, 2.75) is 37.1 Å². The Bertz CT molecular complexity index is 732. The first kappa shape index (κ1) is 15.9. The van der Waals surface area contributed by atoms with Crippen LogP contribution < -0.4 is 0 Å². The minimum atomic E-state index is 0.277. The Kier molecular flexibility index (Phi) is 4.74. The lowest BCUT2D eigenvalue weighted by Gasteiger charge is -2.41. The van der Waals surface area contributed by atoms with Gasteiger partial charge in [-0.3, -0.25) is 4.79 Å². The Morgan fingerprint density at radius 2 is 1.92 bits per heavy atom. The van der Waals surface area contributed by atoms with Gasteiger partial charge in [-0.05, 0) is 36.8 Å². The zero-order valence-corrected chi connectivity index (χ0v) is 14.8. The summed E-state index contributed by atoms with van der Waals surface area (Å²) in [5, 5.41) is 2.09. The highest BCUT2D eigenvalue weighted by atomic mass is 32.2. The van der Waals surface area contributed by atoms with Crippen LogP contribution in [0.1, 0.15) is 32.1 Å². The number of para-hydroxylation sites is 1. The molecule has 2 heterocycles. The molecule has 2 fully saturated rings. The number of aromatic nitrogens is 1. The largest absolute Gasteiger partial charge is 0.342 e. The number of thioether (sulfide) groups is 1. The van der Waals surface area contributed by atoms with E-state index in [9.17, 15) is 4.79 Å². The lowest BCUT2D eigenvalue weighted by Crippen LogP contribution is -2.45. The summed E-state index contributed by atoms with van der Waals surface area (Å²) in [6.45, 7) is 1.93. The first-order chi connectivity index (χ1) is 11.8. The Labute approximate surface area is 147 Å². The second-order valence-corrected chi connectivity index (χ2v) is 8.06. The molecule has 0 bridgehead atoms. The number of hydrogen-bond donors (Lipinski definition) is 0. The third-order valence-corrected chi connectivity index (χ3v) is 6.47. The first-order valence-corrected chi connectivity index (χ1v) is 10.0. The lowest BCUT2D eigenvalue weighted by atomic mass is 9.75. The molecule has 1 saturated carbocycles.